The van der Waals surface area contributed by atoms with Gasteiger partial charge in [0, 0.05) is 0 Å². The topological polar surface area (TPSA) is 3.24 Å². The average Bonchev–Trinajstić information content (AvgIpc) is 2.64. The van der Waals surface area contributed by atoms with Crippen LogP contribution in [-0.2, 0) is 0 Å². The van der Waals surface area contributed by atoms with Gasteiger partial charge >= 0.3 is 142 Å². The first-order valence-electron chi connectivity index (χ1n) is 7.37. The molecule has 1 aliphatic carbocycles. The van der Waals surface area contributed by atoms with Crippen molar-refractivity contribution < 1.29 is 0 Å². The molecule has 0 saturated carbocycles. The van der Waals surface area contributed by atoms with Crippen LogP contribution in [0.2, 0.25) is 13.1 Å². The molecule has 0 aliphatic heterocycles. The van der Waals surface area contributed by atoms with Gasteiger partial charge in [-0.05, 0) is 0 Å². The maximum atomic E-state index is 2.58. The van der Waals surface area contributed by atoms with Crippen LogP contribution in [0.25, 0.3) is 0 Å². The number of rotatable bonds is 6. The van der Waals surface area contributed by atoms with Crippen molar-refractivity contribution in [1.29, 1.82) is 0 Å². The molecule has 0 saturated heterocycles. The van der Waals surface area contributed by atoms with Gasteiger partial charge < -0.3 is 0 Å². The summed E-state index contributed by atoms with van der Waals surface area (Å²) >= 11 is 2.45. The molecule has 1 aliphatic rings. The average molecular weight is 265 g/mol. The first kappa shape index (κ1) is 19.9. The molecule has 0 heterocycles. The Morgan fingerprint density at radius 2 is 1.74 bits per heavy atom. The summed E-state index contributed by atoms with van der Waals surface area (Å²) in [5, 5.41) is 1.72. The molecule has 19 heavy (non-hydrogen) atoms. The van der Waals surface area contributed by atoms with Crippen LogP contribution >= 0.6 is 0 Å². The van der Waals surface area contributed by atoms with Crippen LogP contribution in [0.15, 0.2) is 22.9 Å². The van der Waals surface area contributed by atoms with E-state index in [4.69, 9.17) is 0 Å². The molecule has 0 radical (unpaired) electrons. The molecule has 0 unspecified atom stereocenters. The Hall–Kier alpha value is 0.852. The standard InChI is InChI=1S/C15H28NSi.2Li.H/c1-12(2)16(13(3)4)10-9-14-7-8-15(11-14)17(5)6;;;/h7,11-13H,8-10H2,1-6H3;;;. The molecule has 4 heteroatoms. The third-order valence-corrected chi connectivity index (χ3v) is 6.17. The Balaban J connectivity index is 0.00000324. The zero-order valence-electron chi connectivity index (χ0n) is 13.4. The van der Waals surface area contributed by atoms with Crippen LogP contribution in [0.5, 0.6) is 0 Å². The molecule has 0 N–H and O–H groups in total. The first-order valence-corrected chi connectivity index (χ1v) is 10.9. The summed E-state index contributed by atoms with van der Waals surface area (Å²) in [5.41, 5.74) is 1.57. The van der Waals surface area contributed by atoms with E-state index < -0.39 is 6.40 Å². The van der Waals surface area contributed by atoms with Crippen LogP contribution in [0.3, 0.4) is 0 Å². The molecule has 100 valence electrons. The Morgan fingerprint density at radius 3 is 2.11 bits per heavy atom. The molecule has 0 bridgehead atoms. The number of nitrogens with zero attached hydrogens (tertiary/aromatic N) is 1. The predicted octanol–water partition coefficient (Wildman–Crippen LogP) is 3.02. The van der Waals surface area contributed by atoms with E-state index in [9.17, 15) is 0 Å². The third-order valence-electron chi connectivity index (χ3n) is 3.89. The van der Waals surface area contributed by atoms with Gasteiger partial charge in [-0.25, -0.2) is 0 Å². The zero-order chi connectivity index (χ0) is 13.9. The molecule has 0 fully saturated rings. The van der Waals surface area contributed by atoms with Gasteiger partial charge in [-0.15, -0.1) is 0 Å². The monoisotopic (exact) mass is 265 g/mol. The fraction of sp³-hybridized carbons (Fsp3) is 0.733. The van der Waals surface area contributed by atoms with Gasteiger partial charge in [-0.1, -0.05) is 0 Å². The van der Waals surface area contributed by atoms with E-state index in [0.29, 0.717) is 12.1 Å². The van der Waals surface area contributed by atoms with Crippen LogP contribution in [0.4, 0.5) is 0 Å². The van der Waals surface area contributed by atoms with Gasteiger partial charge in [0.25, 0.3) is 0 Å². The second-order valence-electron chi connectivity index (χ2n) is 7.08. The summed E-state index contributed by atoms with van der Waals surface area (Å²) in [7, 11) is 0. The summed E-state index contributed by atoms with van der Waals surface area (Å²) < 4.78 is 0. The molecule has 0 atom stereocenters. The number of hydrogen-bond donors (Lipinski definition) is 0. The zero-order valence-corrected chi connectivity index (χ0v) is 14.4. The van der Waals surface area contributed by atoms with Crippen molar-refractivity contribution in [3.8, 4) is 0 Å². The normalized spacial score (nSPS) is 15.9. The minimum atomic E-state index is -1.07. The van der Waals surface area contributed by atoms with E-state index in [-0.39, 0.29) is 18.9 Å². The van der Waals surface area contributed by atoms with E-state index in [0.717, 1.165) is 0 Å². The second-order valence-corrected chi connectivity index (χ2v) is 12.2. The summed E-state index contributed by atoms with van der Waals surface area (Å²) in [6, 6.07) is 1.29. The van der Waals surface area contributed by atoms with Crippen molar-refractivity contribution in [1.82, 2.24) is 4.90 Å². The Labute approximate surface area is 142 Å². The molecular weight excluding hydrogens is 236 g/mol. The second kappa shape index (κ2) is 8.33. The van der Waals surface area contributed by atoms with Gasteiger partial charge in [0.15, 0.2) is 0 Å². The fourth-order valence-corrected chi connectivity index (χ4v) is 3.98. The molecule has 1 nitrogen and oxygen atoms in total. The summed E-state index contributed by atoms with van der Waals surface area (Å²) in [6.45, 7) is 15.3. The van der Waals surface area contributed by atoms with Crippen molar-refractivity contribution in [2.75, 3.05) is 6.54 Å². The first-order chi connectivity index (χ1) is 8.21. The summed E-state index contributed by atoms with van der Waals surface area (Å²) in [6.07, 6.45) is 6.30. The fourth-order valence-electron chi connectivity index (χ4n) is 2.65. The van der Waals surface area contributed by atoms with Crippen molar-refractivity contribution >= 4 is 42.3 Å². The molecular formula is C15H29Li2NSi. The van der Waals surface area contributed by atoms with Crippen molar-refractivity contribution in [2.45, 2.75) is 65.7 Å². The van der Waals surface area contributed by atoms with Gasteiger partial charge in [0.1, 0.15) is 0 Å². The minimum absolute atomic E-state index is 0. The van der Waals surface area contributed by atoms with Gasteiger partial charge in [0.05, 0.1) is 0 Å². The van der Waals surface area contributed by atoms with Gasteiger partial charge in [-0.3, -0.25) is 0 Å². The van der Waals surface area contributed by atoms with E-state index in [1.54, 1.807) is 10.8 Å². The van der Waals surface area contributed by atoms with Crippen LogP contribution in [-0.4, -0.2) is 65.8 Å². The number of allylic oxidation sites excluding steroid dienone is 3. The number of hydrogen-bond acceptors (Lipinski definition) is 1. The van der Waals surface area contributed by atoms with Crippen molar-refractivity contribution in [3.63, 3.8) is 0 Å². The third kappa shape index (κ3) is 6.43. The SMILES string of the molecule is [LiH].[Li][Si](C)(C)C1=CC(CCN(C(C)C)C(C)C)=CC1. The van der Waals surface area contributed by atoms with Crippen LogP contribution in [0.1, 0.15) is 40.5 Å². The summed E-state index contributed by atoms with van der Waals surface area (Å²) in [5.74, 6) is 0. The molecule has 0 aromatic rings. The van der Waals surface area contributed by atoms with E-state index in [2.05, 4.69) is 74.9 Å². The van der Waals surface area contributed by atoms with E-state index >= 15 is 0 Å². The molecule has 0 aromatic carbocycles. The van der Waals surface area contributed by atoms with Crippen molar-refractivity contribution in [2.24, 2.45) is 0 Å². The van der Waals surface area contributed by atoms with Crippen molar-refractivity contribution in [3.05, 3.63) is 22.9 Å². The quantitative estimate of drug-likeness (QED) is 0.667. The van der Waals surface area contributed by atoms with Crippen LogP contribution < -0.4 is 0 Å². The summed E-state index contributed by atoms with van der Waals surface area (Å²) in [4.78, 5) is 2.58. The molecule has 0 spiro atoms. The maximum absolute atomic E-state index is 2.58. The molecule has 1 rings (SSSR count). The Morgan fingerprint density at radius 1 is 1.21 bits per heavy atom. The van der Waals surface area contributed by atoms with Crippen LogP contribution in [0, 0.1) is 0 Å². The van der Waals surface area contributed by atoms with Gasteiger partial charge in [-0.2, -0.15) is 0 Å². The Bertz CT molecular complexity index is 333. The van der Waals surface area contributed by atoms with E-state index in [1.807, 2.05) is 0 Å². The molecule has 0 aromatic heterocycles. The van der Waals surface area contributed by atoms with Gasteiger partial charge in [0.2, 0.25) is 0 Å². The predicted molar refractivity (Wildman–Crippen MR) is 92.8 cm³/mol. The Kier molecular flexibility index (Phi) is 8.71. The van der Waals surface area contributed by atoms with E-state index in [1.165, 1.54) is 19.4 Å². The molecule has 0 amide bonds.